The summed E-state index contributed by atoms with van der Waals surface area (Å²) in [5.74, 6) is 0.291. The van der Waals surface area contributed by atoms with Gasteiger partial charge in [0.25, 0.3) is 5.91 Å². The van der Waals surface area contributed by atoms with Gasteiger partial charge in [0.1, 0.15) is 24.0 Å². The summed E-state index contributed by atoms with van der Waals surface area (Å²) in [6, 6.07) is 26.4. The summed E-state index contributed by atoms with van der Waals surface area (Å²) in [6.07, 6.45) is 1.56. The van der Waals surface area contributed by atoms with Crippen LogP contribution < -0.4 is 10.1 Å². The van der Waals surface area contributed by atoms with E-state index in [4.69, 9.17) is 4.74 Å². The number of rotatable bonds is 6. The number of carbonyl (C=O) groups is 1. The highest BCUT2D eigenvalue weighted by molar-refractivity contribution is 6.09. The molecule has 0 aliphatic heterocycles. The van der Waals surface area contributed by atoms with Crippen molar-refractivity contribution in [3.63, 3.8) is 0 Å². The number of aryl methyl sites for hydroxylation is 1. The van der Waals surface area contributed by atoms with E-state index >= 15 is 0 Å². The second-order valence-electron chi connectivity index (χ2n) is 6.34. The molecule has 3 aromatic rings. The standard InChI is InChI=1S/C24H20N2O2/c1-18-6-5-7-20(14-18)17-28-23-12-10-19(11-13-23)15-21(16-25)24(27)26-22-8-3-2-4-9-22/h2-15H,17H2,1H3,(H,26,27). The average molecular weight is 368 g/mol. The maximum absolute atomic E-state index is 12.3. The van der Waals surface area contributed by atoms with E-state index in [1.165, 1.54) is 5.56 Å². The summed E-state index contributed by atoms with van der Waals surface area (Å²) < 4.78 is 5.79. The van der Waals surface area contributed by atoms with Crippen molar-refractivity contribution < 1.29 is 9.53 Å². The Kier molecular flexibility index (Phi) is 6.22. The van der Waals surface area contributed by atoms with Crippen LogP contribution in [0.15, 0.2) is 84.4 Å². The molecule has 0 radical (unpaired) electrons. The van der Waals surface area contributed by atoms with E-state index in [0.717, 1.165) is 16.9 Å². The van der Waals surface area contributed by atoms with Crippen LogP contribution in [0, 0.1) is 18.3 Å². The zero-order valence-electron chi connectivity index (χ0n) is 15.6. The van der Waals surface area contributed by atoms with Crippen LogP contribution in [-0.4, -0.2) is 5.91 Å². The molecule has 4 nitrogen and oxygen atoms in total. The molecule has 0 bridgehead atoms. The van der Waals surface area contributed by atoms with Crippen LogP contribution in [-0.2, 0) is 11.4 Å². The van der Waals surface area contributed by atoms with Gasteiger partial charge in [0.15, 0.2) is 0 Å². The van der Waals surface area contributed by atoms with Crippen molar-refractivity contribution in [3.8, 4) is 11.8 Å². The van der Waals surface area contributed by atoms with Crippen LogP contribution >= 0.6 is 0 Å². The Morgan fingerprint density at radius 3 is 2.46 bits per heavy atom. The molecular weight excluding hydrogens is 348 g/mol. The van der Waals surface area contributed by atoms with Gasteiger partial charge in [-0.15, -0.1) is 0 Å². The monoisotopic (exact) mass is 368 g/mol. The number of ether oxygens (including phenoxy) is 1. The van der Waals surface area contributed by atoms with Gasteiger partial charge in [-0.05, 0) is 48.4 Å². The second-order valence-corrected chi connectivity index (χ2v) is 6.34. The van der Waals surface area contributed by atoms with E-state index in [0.29, 0.717) is 12.3 Å². The number of hydrogen-bond donors (Lipinski definition) is 1. The van der Waals surface area contributed by atoms with Crippen molar-refractivity contribution in [1.82, 2.24) is 0 Å². The number of hydrogen-bond acceptors (Lipinski definition) is 3. The number of benzene rings is 3. The third-order valence-corrected chi connectivity index (χ3v) is 4.08. The van der Waals surface area contributed by atoms with Gasteiger partial charge >= 0.3 is 0 Å². The molecule has 4 heteroatoms. The summed E-state index contributed by atoms with van der Waals surface area (Å²) in [7, 11) is 0. The average Bonchev–Trinajstić information content (AvgIpc) is 2.72. The molecule has 0 saturated heterocycles. The Hall–Kier alpha value is -3.84. The van der Waals surface area contributed by atoms with Gasteiger partial charge in [0.2, 0.25) is 0 Å². The van der Waals surface area contributed by atoms with Gasteiger partial charge in [-0.1, -0.05) is 60.2 Å². The normalized spacial score (nSPS) is 10.8. The summed E-state index contributed by atoms with van der Waals surface area (Å²) in [5, 5.41) is 12.0. The van der Waals surface area contributed by atoms with Gasteiger partial charge < -0.3 is 10.1 Å². The van der Waals surface area contributed by atoms with E-state index in [1.54, 1.807) is 18.2 Å². The van der Waals surface area contributed by atoms with Crippen molar-refractivity contribution in [2.24, 2.45) is 0 Å². The van der Waals surface area contributed by atoms with Gasteiger partial charge in [-0.2, -0.15) is 5.26 Å². The fourth-order valence-corrected chi connectivity index (χ4v) is 2.66. The third kappa shape index (κ3) is 5.33. The summed E-state index contributed by atoms with van der Waals surface area (Å²) in [4.78, 5) is 12.3. The minimum atomic E-state index is -0.437. The largest absolute Gasteiger partial charge is 0.489 e. The summed E-state index contributed by atoms with van der Waals surface area (Å²) >= 11 is 0. The van der Waals surface area contributed by atoms with Crippen LogP contribution in [0.1, 0.15) is 16.7 Å². The van der Waals surface area contributed by atoms with Crippen LogP contribution in [0.2, 0.25) is 0 Å². The maximum Gasteiger partial charge on any atom is 0.266 e. The Balaban J connectivity index is 1.64. The van der Waals surface area contributed by atoms with Crippen molar-refractivity contribution in [2.45, 2.75) is 13.5 Å². The molecule has 28 heavy (non-hydrogen) atoms. The Morgan fingerprint density at radius 2 is 1.79 bits per heavy atom. The molecule has 0 aliphatic carbocycles. The van der Waals surface area contributed by atoms with Crippen molar-refractivity contribution in [1.29, 1.82) is 5.26 Å². The highest BCUT2D eigenvalue weighted by atomic mass is 16.5. The molecule has 3 aromatic carbocycles. The zero-order chi connectivity index (χ0) is 19.8. The molecule has 3 rings (SSSR count). The molecule has 0 saturated carbocycles. The molecule has 0 atom stereocenters. The minimum absolute atomic E-state index is 0.0392. The number of nitriles is 1. The highest BCUT2D eigenvalue weighted by Crippen LogP contribution is 2.17. The van der Waals surface area contributed by atoms with E-state index in [1.807, 2.05) is 73.7 Å². The molecule has 0 aromatic heterocycles. The smallest absolute Gasteiger partial charge is 0.266 e. The molecular formula is C24H20N2O2. The van der Waals surface area contributed by atoms with Crippen LogP contribution in [0.5, 0.6) is 5.75 Å². The van der Waals surface area contributed by atoms with Gasteiger partial charge in [-0.25, -0.2) is 0 Å². The molecule has 138 valence electrons. The van der Waals surface area contributed by atoms with Crippen LogP contribution in [0.25, 0.3) is 6.08 Å². The molecule has 0 spiro atoms. The van der Waals surface area contributed by atoms with Gasteiger partial charge in [0, 0.05) is 5.69 Å². The van der Waals surface area contributed by atoms with Crippen LogP contribution in [0.4, 0.5) is 5.69 Å². The maximum atomic E-state index is 12.3. The lowest BCUT2D eigenvalue weighted by Gasteiger charge is -2.07. The molecule has 0 unspecified atom stereocenters. The predicted molar refractivity (Wildman–Crippen MR) is 111 cm³/mol. The second kappa shape index (κ2) is 9.20. The van der Waals surface area contributed by atoms with E-state index in [9.17, 15) is 10.1 Å². The number of para-hydroxylation sites is 1. The first-order valence-corrected chi connectivity index (χ1v) is 8.90. The number of nitrogens with one attached hydrogen (secondary N) is 1. The Bertz CT molecular complexity index is 1020. The fourth-order valence-electron chi connectivity index (χ4n) is 2.66. The topological polar surface area (TPSA) is 62.1 Å². The zero-order valence-corrected chi connectivity index (χ0v) is 15.6. The SMILES string of the molecule is Cc1cccc(COc2ccc(C=C(C#N)C(=O)Nc3ccccc3)cc2)c1. The number of anilines is 1. The first-order chi connectivity index (χ1) is 13.6. The number of carbonyl (C=O) groups excluding carboxylic acids is 1. The number of amides is 1. The predicted octanol–water partition coefficient (Wildman–Crippen LogP) is 5.12. The van der Waals surface area contributed by atoms with E-state index < -0.39 is 5.91 Å². The van der Waals surface area contributed by atoms with E-state index in [2.05, 4.69) is 11.4 Å². The van der Waals surface area contributed by atoms with Crippen molar-refractivity contribution >= 4 is 17.7 Å². The molecule has 1 amide bonds. The lowest BCUT2D eigenvalue weighted by Crippen LogP contribution is -2.13. The van der Waals surface area contributed by atoms with Crippen molar-refractivity contribution in [2.75, 3.05) is 5.32 Å². The molecule has 0 fully saturated rings. The molecule has 0 heterocycles. The quantitative estimate of drug-likeness (QED) is 0.485. The first-order valence-electron chi connectivity index (χ1n) is 8.90. The highest BCUT2D eigenvalue weighted by Gasteiger charge is 2.09. The lowest BCUT2D eigenvalue weighted by molar-refractivity contribution is -0.112. The number of nitrogens with zero attached hydrogens (tertiary/aromatic N) is 1. The summed E-state index contributed by atoms with van der Waals surface area (Å²) in [5.41, 5.74) is 3.74. The third-order valence-electron chi connectivity index (χ3n) is 4.08. The van der Waals surface area contributed by atoms with Gasteiger partial charge in [-0.3, -0.25) is 4.79 Å². The Morgan fingerprint density at radius 1 is 1.04 bits per heavy atom. The first kappa shape index (κ1) is 18.9. The van der Waals surface area contributed by atoms with E-state index in [-0.39, 0.29) is 5.57 Å². The molecule has 0 aliphatic rings. The fraction of sp³-hybridized carbons (Fsp3) is 0.0833. The van der Waals surface area contributed by atoms with Crippen molar-refractivity contribution in [3.05, 3.63) is 101 Å². The lowest BCUT2D eigenvalue weighted by atomic mass is 10.1. The van der Waals surface area contributed by atoms with Gasteiger partial charge in [0.05, 0.1) is 0 Å². The Labute approximate surface area is 164 Å². The van der Waals surface area contributed by atoms with Crippen LogP contribution in [0.3, 0.4) is 0 Å². The molecule has 1 N–H and O–H groups in total. The minimum Gasteiger partial charge on any atom is -0.489 e. The summed E-state index contributed by atoms with van der Waals surface area (Å²) in [6.45, 7) is 2.53.